The van der Waals surface area contributed by atoms with Crippen molar-refractivity contribution < 1.29 is 38.6 Å². The molecule has 0 bridgehead atoms. The first-order chi connectivity index (χ1) is 8.58. The van der Waals surface area contributed by atoms with E-state index in [-0.39, 0.29) is 12.7 Å². The molecule has 0 radical (unpaired) electrons. The zero-order chi connectivity index (χ0) is 15.6. The lowest BCUT2D eigenvalue weighted by Crippen LogP contribution is -2.43. The van der Waals surface area contributed by atoms with Gasteiger partial charge >= 0.3 is 25.7 Å². The number of carbonyl (C=O) groups excluding carboxylic acids is 3. The number of hydrogen-bond acceptors (Lipinski definition) is 5. The lowest BCUT2D eigenvalue weighted by atomic mass is 10.5. The van der Waals surface area contributed by atoms with Crippen molar-refractivity contribution in [1.29, 1.82) is 0 Å². The number of aliphatic carboxylic acids is 1. The summed E-state index contributed by atoms with van der Waals surface area (Å²) in [6.45, 7) is 1.23. The molecule has 0 unspecified atom stereocenters. The molecule has 0 aliphatic carbocycles. The Bertz CT molecular complexity index is 386. The highest BCUT2D eigenvalue weighted by Gasteiger charge is 2.24. The second-order valence-electron chi connectivity index (χ2n) is 3.28. The summed E-state index contributed by atoms with van der Waals surface area (Å²) >= 11 is 0. The molecule has 0 fully saturated rings. The molecular formula is C8H15N2O8P. The highest BCUT2D eigenvalue weighted by Crippen LogP contribution is 2.34. The van der Waals surface area contributed by atoms with Gasteiger partial charge in [0.1, 0.15) is 12.8 Å². The Morgan fingerprint density at radius 1 is 1.26 bits per heavy atom. The first kappa shape index (κ1) is 19.6. The van der Waals surface area contributed by atoms with Crippen molar-refractivity contribution >= 4 is 25.7 Å². The summed E-state index contributed by atoms with van der Waals surface area (Å²) in [5, 5.41) is 8.51. The lowest BCUT2D eigenvalue weighted by molar-refractivity contribution is -0.191. The third-order valence-corrected chi connectivity index (χ3v) is 2.49. The molecule has 0 aromatic heterocycles. The topological polar surface area (TPSA) is 153 Å². The summed E-state index contributed by atoms with van der Waals surface area (Å²) < 4.78 is 10.6. The Hall–Kier alpha value is -1.73. The van der Waals surface area contributed by atoms with Crippen LogP contribution in [-0.2, 0) is 18.9 Å². The first-order valence-electron chi connectivity index (χ1n) is 4.84. The Kier molecular flexibility index (Phi) is 9.53. The van der Waals surface area contributed by atoms with Crippen LogP contribution in [0.4, 0.5) is 4.79 Å². The van der Waals surface area contributed by atoms with Gasteiger partial charge in [-0.3, -0.25) is 9.36 Å². The van der Waals surface area contributed by atoms with Gasteiger partial charge in [0.05, 0.1) is 0 Å². The van der Waals surface area contributed by atoms with E-state index in [1.165, 1.54) is 7.05 Å². The summed E-state index contributed by atoms with van der Waals surface area (Å²) in [5.41, 5.74) is 0. The smallest absolute Gasteiger partial charge is 0.373 e. The van der Waals surface area contributed by atoms with Crippen molar-refractivity contribution in [3.05, 3.63) is 0 Å². The van der Waals surface area contributed by atoms with Gasteiger partial charge in [0.15, 0.2) is 0 Å². The molecule has 0 aliphatic heterocycles. The molecule has 3 N–H and O–H groups in total. The lowest BCUT2D eigenvalue weighted by Gasteiger charge is -2.25. The van der Waals surface area contributed by atoms with E-state index >= 15 is 0 Å². The number of carboxylic acid groups (broad SMARTS) is 1. The van der Waals surface area contributed by atoms with Crippen molar-refractivity contribution in [2.75, 3.05) is 26.4 Å². The van der Waals surface area contributed by atoms with Gasteiger partial charge in [-0.05, 0) is 6.92 Å². The van der Waals surface area contributed by atoms with E-state index in [2.05, 4.69) is 0 Å². The SMILES string of the molecule is CCN(CC(=O)O)C(=O)N(C)CP(=O)(O)O.O=C=O. The molecule has 10 nitrogen and oxygen atoms in total. The molecular weight excluding hydrogens is 283 g/mol. The maximum Gasteiger partial charge on any atom is 0.373 e. The molecule has 0 aromatic carbocycles. The predicted molar refractivity (Wildman–Crippen MR) is 60.0 cm³/mol. The Morgan fingerprint density at radius 2 is 1.68 bits per heavy atom. The second kappa shape index (κ2) is 9.23. The number of nitrogens with zero attached hydrogens (tertiary/aromatic N) is 2. The minimum Gasteiger partial charge on any atom is -0.480 e. The zero-order valence-corrected chi connectivity index (χ0v) is 11.2. The highest BCUT2D eigenvalue weighted by atomic mass is 31.2. The van der Waals surface area contributed by atoms with Gasteiger partial charge in [0.25, 0.3) is 0 Å². The van der Waals surface area contributed by atoms with Gasteiger partial charge in [-0.25, -0.2) is 4.79 Å². The Labute approximate surface area is 108 Å². The third kappa shape index (κ3) is 11.1. The van der Waals surface area contributed by atoms with Crippen molar-refractivity contribution in [2.24, 2.45) is 0 Å². The number of hydrogen-bond donors (Lipinski definition) is 3. The van der Waals surface area contributed by atoms with Gasteiger partial charge in [0, 0.05) is 13.6 Å². The van der Waals surface area contributed by atoms with Crippen LogP contribution in [0.15, 0.2) is 0 Å². The molecule has 19 heavy (non-hydrogen) atoms. The third-order valence-electron chi connectivity index (χ3n) is 1.70. The number of rotatable bonds is 5. The number of urea groups is 1. The maximum absolute atomic E-state index is 11.5. The average Bonchev–Trinajstić information content (AvgIpc) is 2.23. The summed E-state index contributed by atoms with van der Waals surface area (Å²) in [5.74, 6) is -1.18. The molecule has 110 valence electrons. The maximum atomic E-state index is 11.5. The molecule has 0 rings (SSSR count). The fraction of sp³-hybridized carbons (Fsp3) is 0.625. The van der Waals surface area contributed by atoms with Crippen LogP contribution in [0.3, 0.4) is 0 Å². The minimum atomic E-state index is -4.33. The monoisotopic (exact) mass is 298 g/mol. The van der Waals surface area contributed by atoms with Gasteiger partial charge in [-0.15, -0.1) is 0 Å². The predicted octanol–water partition coefficient (Wildman–Crippen LogP) is -1.00. The fourth-order valence-corrected chi connectivity index (χ4v) is 1.73. The summed E-state index contributed by atoms with van der Waals surface area (Å²) in [6, 6.07) is -0.728. The quantitative estimate of drug-likeness (QED) is 0.546. The van der Waals surface area contributed by atoms with Crippen molar-refractivity contribution in [1.82, 2.24) is 9.80 Å². The molecule has 0 heterocycles. The second-order valence-corrected chi connectivity index (χ2v) is 4.89. The van der Waals surface area contributed by atoms with Crippen LogP contribution in [0.25, 0.3) is 0 Å². The van der Waals surface area contributed by atoms with E-state index < -0.39 is 32.4 Å². The van der Waals surface area contributed by atoms with E-state index in [1.54, 1.807) is 6.92 Å². The van der Waals surface area contributed by atoms with Crippen molar-refractivity contribution in [2.45, 2.75) is 6.92 Å². The number of carboxylic acids is 1. The highest BCUT2D eigenvalue weighted by molar-refractivity contribution is 7.51. The average molecular weight is 298 g/mol. The number of likely N-dealkylation sites (N-methyl/N-ethyl adjacent to an activating group) is 1. The molecule has 11 heteroatoms. The largest absolute Gasteiger partial charge is 0.480 e. The fourth-order valence-electron chi connectivity index (χ4n) is 1.06. The summed E-state index contributed by atoms with van der Waals surface area (Å²) in [4.78, 5) is 57.3. The van der Waals surface area contributed by atoms with E-state index in [1.807, 2.05) is 0 Å². The number of carbonyl (C=O) groups is 2. The standard InChI is InChI=1S/C7H15N2O6P.CO2/c1-3-9(4-6(10)11)7(12)8(2)5-16(13,14)15;2-1-3/h3-5H2,1-2H3,(H,10,11)(H2,13,14,15);. The molecule has 0 aliphatic rings. The van der Waals surface area contributed by atoms with Crippen molar-refractivity contribution in [3.63, 3.8) is 0 Å². The Balaban J connectivity index is 0. The van der Waals surface area contributed by atoms with Gasteiger partial charge in [0.2, 0.25) is 0 Å². The Morgan fingerprint density at radius 3 is 1.95 bits per heavy atom. The van der Waals surface area contributed by atoms with Crippen LogP contribution in [0.1, 0.15) is 6.92 Å². The molecule has 2 amide bonds. The first-order valence-corrected chi connectivity index (χ1v) is 6.64. The summed E-state index contributed by atoms with van der Waals surface area (Å²) in [7, 11) is -3.13. The van der Waals surface area contributed by atoms with Crippen LogP contribution in [0.5, 0.6) is 0 Å². The molecule has 0 spiro atoms. The molecule has 0 aromatic rings. The molecule has 0 saturated heterocycles. The number of amides is 2. The van der Waals surface area contributed by atoms with Crippen LogP contribution in [0.2, 0.25) is 0 Å². The molecule has 0 atom stereocenters. The van der Waals surface area contributed by atoms with Crippen LogP contribution in [0, 0.1) is 0 Å². The van der Waals surface area contributed by atoms with Gasteiger partial charge in [-0.1, -0.05) is 0 Å². The van der Waals surface area contributed by atoms with E-state index in [0.29, 0.717) is 0 Å². The summed E-state index contributed by atoms with van der Waals surface area (Å²) in [6.07, 6.45) is -0.484. The minimum absolute atomic E-state index is 0.149. The zero-order valence-electron chi connectivity index (χ0n) is 10.3. The van der Waals surface area contributed by atoms with Gasteiger partial charge in [-0.2, -0.15) is 9.59 Å². The molecule has 0 saturated carbocycles. The van der Waals surface area contributed by atoms with Crippen LogP contribution < -0.4 is 0 Å². The van der Waals surface area contributed by atoms with Gasteiger partial charge < -0.3 is 24.7 Å². The van der Waals surface area contributed by atoms with Crippen molar-refractivity contribution in [3.8, 4) is 0 Å². The van der Waals surface area contributed by atoms with E-state index in [0.717, 1.165) is 9.80 Å². The van der Waals surface area contributed by atoms with E-state index in [9.17, 15) is 14.2 Å². The van der Waals surface area contributed by atoms with E-state index in [4.69, 9.17) is 24.5 Å². The normalized spacial score (nSPS) is 9.68. The van der Waals surface area contributed by atoms with Crippen LogP contribution >= 0.6 is 7.60 Å². The van der Waals surface area contributed by atoms with Crippen LogP contribution in [-0.4, -0.2) is 69.3 Å².